The first-order valence-electron chi connectivity index (χ1n) is 4.80. The molecule has 0 rings (SSSR count). The van der Waals surface area contributed by atoms with Gasteiger partial charge in [-0.1, -0.05) is 13.3 Å². The summed E-state index contributed by atoms with van der Waals surface area (Å²) in [4.78, 5) is 0. The van der Waals surface area contributed by atoms with E-state index in [-0.39, 0.29) is 0 Å². The quantitative estimate of drug-likeness (QED) is 0.590. The van der Waals surface area contributed by atoms with E-state index in [4.69, 9.17) is 9.47 Å². The lowest BCUT2D eigenvalue weighted by Crippen LogP contribution is -2.14. The van der Waals surface area contributed by atoms with E-state index < -0.39 is 0 Å². The van der Waals surface area contributed by atoms with E-state index >= 15 is 0 Å². The van der Waals surface area contributed by atoms with Crippen LogP contribution in [0, 0.1) is 0 Å². The van der Waals surface area contributed by atoms with Crippen molar-refractivity contribution in [1.82, 2.24) is 0 Å². The lowest BCUT2D eigenvalue weighted by Gasteiger charge is -2.16. The molecular formula is C10H22O2. The summed E-state index contributed by atoms with van der Waals surface area (Å²) in [5.41, 5.74) is 0. The number of ether oxygens (including phenoxy) is 2. The summed E-state index contributed by atoms with van der Waals surface area (Å²) in [6, 6.07) is 0. The maximum absolute atomic E-state index is 5.33. The zero-order valence-electron chi connectivity index (χ0n) is 8.80. The molecule has 0 fully saturated rings. The molecule has 0 aromatic rings. The van der Waals surface area contributed by atoms with Crippen LogP contribution in [0.25, 0.3) is 0 Å². The Labute approximate surface area is 76.3 Å². The molecular weight excluding hydrogens is 152 g/mol. The van der Waals surface area contributed by atoms with Crippen molar-refractivity contribution < 1.29 is 9.47 Å². The molecule has 0 bridgehead atoms. The van der Waals surface area contributed by atoms with Gasteiger partial charge in [-0.25, -0.2) is 0 Å². The summed E-state index contributed by atoms with van der Waals surface area (Å²) in [6.07, 6.45) is 5.34. The Morgan fingerprint density at radius 2 is 1.67 bits per heavy atom. The molecule has 2 unspecified atom stereocenters. The smallest absolute Gasteiger partial charge is 0.0572 e. The van der Waals surface area contributed by atoms with E-state index in [1.165, 1.54) is 6.42 Å². The summed E-state index contributed by atoms with van der Waals surface area (Å²) >= 11 is 0. The highest BCUT2D eigenvalue weighted by Gasteiger charge is 2.08. The molecule has 0 spiro atoms. The number of hydrogen-bond acceptors (Lipinski definition) is 2. The average Bonchev–Trinajstić information content (AvgIpc) is 2.11. The van der Waals surface area contributed by atoms with Gasteiger partial charge < -0.3 is 9.47 Å². The van der Waals surface area contributed by atoms with Crippen LogP contribution in [-0.4, -0.2) is 26.4 Å². The molecule has 2 atom stereocenters. The van der Waals surface area contributed by atoms with Crippen molar-refractivity contribution in [2.45, 2.75) is 51.7 Å². The Morgan fingerprint density at radius 3 is 2.08 bits per heavy atom. The lowest BCUT2D eigenvalue weighted by molar-refractivity contribution is 0.0564. The molecule has 2 heteroatoms. The lowest BCUT2D eigenvalue weighted by atomic mass is 10.1. The minimum atomic E-state index is 0.361. The first-order chi connectivity index (χ1) is 5.74. The summed E-state index contributed by atoms with van der Waals surface area (Å²) < 4.78 is 10.5. The van der Waals surface area contributed by atoms with Crippen molar-refractivity contribution in [2.75, 3.05) is 14.2 Å². The molecule has 0 amide bonds. The van der Waals surface area contributed by atoms with E-state index in [1.807, 2.05) is 0 Å². The topological polar surface area (TPSA) is 18.5 Å². The first-order valence-corrected chi connectivity index (χ1v) is 4.80. The van der Waals surface area contributed by atoms with E-state index in [9.17, 15) is 0 Å². The average molecular weight is 174 g/mol. The Hall–Kier alpha value is -0.0800. The predicted molar refractivity (Wildman–Crippen MR) is 51.4 cm³/mol. The Balaban J connectivity index is 3.43. The van der Waals surface area contributed by atoms with Gasteiger partial charge >= 0.3 is 0 Å². The standard InChI is InChI=1S/C10H22O2/c1-5-6-10(12-4)8-7-9(2)11-3/h9-10H,5-8H2,1-4H3. The van der Waals surface area contributed by atoms with Crippen LogP contribution < -0.4 is 0 Å². The van der Waals surface area contributed by atoms with Crippen LogP contribution in [-0.2, 0) is 9.47 Å². The van der Waals surface area contributed by atoms with Gasteiger partial charge in [0.1, 0.15) is 0 Å². The molecule has 0 saturated carbocycles. The molecule has 0 aromatic carbocycles. The highest BCUT2D eigenvalue weighted by Crippen LogP contribution is 2.11. The van der Waals surface area contributed by atoms with Crippen LogP contribution in [0.15, 0.2) is 0 Å². The molecule has 0 N–H and O–H groups in total. The fourth-order valence-electron chi connectivity index (χ4n) is 1.24. The van der Waals surface area contributed by atoms with Crippen molar-refractivity contribution >= 4 is 0 Å². The largest absolute Gasteiger partial charge is 0.382 e. The zero-order chi connectivity index (χ0) is 9.40. The second-order valence-electron chi connectivity index (χ2n) is 3.27. The Morgan fingerprint density at radius 1 is 1.00 bits per heavy atom. The number of rotatable bonds is 7. The molecule has 0 aliphatic carbocycles. The van der Waals surface area contributed by atoms with Gasteiger partial charge in [-0.3, -0.25) is 0 Å². The van der Waals surface area contributed by atoms with Crippen LogP contribution in [0.1, 0.15) is 39.5 Å². The maximum atomic E-state index is 5.33. The summed E-state index contributed by atoms with van der Waals surface area (Å²) in [5, 5.41) is 0. The predicted octanol–water partition coefficient (Wildman–Crippen LogP) is 2.62. The second kappa shape index (κ2) is 7.56. The SMILES string of the molecule is CCCC(CCC(C)OC)OC. The summed E-state index contributed by atoms with van der Waals surface area (Å²) in [6.45, 7) is 4.28. The van der Waals surface area contributed by atoms with Crippen LogP contribution in [0.4, 0.5) is 0 Å². The van der Waals surface area contributed by atoms with E-state index in [1.54, 1.807) is 14.2 Å². The zero-order valence-corrected chi connectivity index (χ0v) is 8.80. The third-order valence-corrected chi connectivity index (χ3v) is 2.24. The van der Waals surface area contributed by atoms with Gasteiger partial charge in [-0.2, -0.15) is 0 Å². The number of hydrogen-bond donors (Lipinski definition) is 0. The molecule has 0 saturated heterocycles. The summed E-state index contributed by atoms with van der Waals surface area (Å²) in [5.74, 6) is 0. The first kappa shape index (κ1) is 11.9. The minimum Gasteiger partial charge on any atom is -0.382 e. The summed E-state index contributed by atoms with van der Waals surface area (Å²) in [7, 11) is 3.55. The Kier molecular flexibility index (Phi) is 7.51. The molecule has 0 aliphatic rings. The van der Waals surface area contributed by atoms with Crippen molar-refractivity contribution in [3.63, 3.8) is 0 Å². The van der Waals surface area contributed by atoms with Gasteiger partial charge in [0.15, 0.2) is 0 Å². The van der Waals surface area contributed by atoms with Crippen molar-refractivity contribution in [3.05, 3.63) is 0 Å². The third kappa shape index (κ3) is 5.56. The highest BCUT2D eigenvalue weighted by molar-refractivity contribution is 4.59. The van der Waals surface area contributed by atoms with Gasteiger partial charge in [0.05, 0.1) is 12.2 Å². The van der Waals surface area contributed by atoms with E-state index in [0.29, 0.717) is 12.2 Å². The van der Waals surface area contributed by atoms with Gasteiger partial charge in [-0.15, -0.1) is 0 Å². The third-order valence-electron chi connectivity index (χ3n) is 2.24. The molecule has 12 heavy (non-hydrogen) atoms. The molecule has 0 aliphatic heterocycles. The molecule has 0 heterocycles. The van der Waals surface area contributed by atoms with Crippen molar-refractivity contribution in [3.8, 4) is 0 Å². The van der Waals surface area contributed by atoms with Crippen LogP contribution in [0.2, 0.25) is 0 Å². The van der Waals surface area contributed by atoms with Gasteiger partial charge in [-0.05, 0) is 26.2 Å². The normalized spacial score (nSPS) is 16.0. The molecule has 74 valence electrons. The fourth-order valence-corrected chi connectivity index (χ4v) is 1.24. The van der Waals surface area contributed by atoms with Gasteiger partial charge in [0.2, 0.25) is 0 Å². The minimum absolute atomic E-state index is 0.361. The van der Waals surface area contributed by atoms with Crippen molar-refractivity contribution in [1.29, 1.82) is 0 Å². The van der Waals surface area contributed by atoms with Gasteiger partial charge in [0, 0.05) is 14.2 Å². The molecule has 0 aromatic heterocycles. The molecule has 0 radical (unpaired) electrons. The van der Waals surface area contributed by atoms with Crippen LogP contribution >= 0.6 is 0 Å². The highest BCUT2D eigenvalue weighted by atomic mass is 16.5. The van der Waals surface area contributed by atoms with Crippen LogP contribution in [0.3, 0.4) is 0 Å². The Bertz CT molecular complexity index is 93.8. The maximum Gasteiger partial charge on any atom is 0.0572 e. The molecule has 2 nitrogen and oxygen atoms in total. The fraction of sp³-hybridized carbons (Fsp3) is 1.00. The second-order valence-corrected chi connectivity index (χ2v) is 3.27. The van der Waals surface area contributed by atoms with E-state index in [2.05, 4.69) is 13.8 Å². The monoisotopic (exact) mass is 174 g/mol. The van der Waals surface area contributed by atoms with E-state index in [0.717, 1.165) is 19.3 Å². The number of methoxy groups -OCH3 is 2. The van der Waals surface area contributed by atoms with Gasteiger partial charge in [0.25, 0.3) is 0 Å². The van der Waals surface area contributed by atoms with Crippen LogP contribution in [0.5, 0.6) is 0 Å². The van der Waals surface area contributed by atoms with Crippen molar-refractivity contribution in [2.24, 2.45) is 0 Å².